The molecule has 0 saturated heterocycles. The number of rotatable bonds is 5. The molecular weight excluding hydrogens is 248 g/mol. The van der Waals surface area contributed by atoms with Crippen molar-refractivity contribution in [2.24, 2.45) is 0 Å². The molecule has 2 atom stereocenters. The van der Waals surface area contributed by atoms with Gasteiger partial charge in [-0.05, 0) is 27.2 Å². The van der Waals surface area contributed by atoms with Crippen LogP contribution in [0.25, 0.3) is 0 Å². The van der Waals surface area contributed by atoms with E-state index >= 15 is 0 Å². The first-order valence-electron chi connectivity index (χ1n) is 6.00. The number of hydrogen-bond acceptors (Lipinski definition) is 5. The largest absolute Gasteiger partial charge is 0.384 e. The van der Waals surface area contributed by atoms with Crippen LogP contribution in [0, 0.1) is 6.92 Å². The molecule has 100 valence electrons. The van der Waals surface area contributed by atoms with E-state index in [1.165, 1.54) is 11.8 Å². The number of anilines is 1. The first kappa shape index (κ1) is 14.8. The molecule has 1 aromatic rings. The van der Waals surface area contributed by atoms with E-state index < -0.39 is 0 Å². The summed E-state index contributed by atoms with van der Waals surface area (Å²) in [6, 6.07) is 1.89. The van der Waals surface area contributed by atoms with Gasteiger partial charge >= 0.3 is 0 Å². The zero-order valence-electron chi connectivity index (χ0n) is 11.2. The predicted molar refractivity (Wildman–Crippen MR) is 74.4 cm³/mol. The number of nitrogen functional groups attached to an aromatic ring is 1. The van der Waals surface area contributed by atoms with Crippen LogP contribution in [0.4, 0.5) is 5.82 Å². The Balaban J connectivity index is 2.63. The first-order valence-corrected chi connectivity index (χ1v) is 6.88. The summed E-state index contributed by atoms with van der Waals surface area (Å²) in [4.78, 5) is 20.2. The normalized spacial score (nSPS) is 14.0. The van der Waals surface area contributed by atoms with Gasteiger partial charge < -0.3 is 11.1 Å². The van der Waals surface area contributed by atoms with Gasteiger partial charge in [-0.15, -0.1) is 0 Å². The van der Waals surface area contributed by atoms with Crippen molar-refractivity contribution in [3.63, 3.8) is 0 Å². The lowest BCUT2D eigenvalue weighted by atomic mass is 10.2. The van der Waals surface area contributed by atoms with Gasteiger partial charge in [-0.2, -0.15) is 0 Å². The van der Waals surface area contributed by atoms with Crippen LogP contribution in [0.5, 0.6) is 0 Å². The second-order valence-electron chi connectivity index (χ2n) is 4.29. The number of carbonyl (C=O) groups is 1. The third kappa shape index (κ3) is 4.52. The molecular formula is C12H20N4OS. The third-order valence-corrected chi connectivity index (χ3v) is 3.47. The van der Waals surface area contributed by atoms with Gasteiger partial charge in [-0.3, -0.25) is 4.79 Å². The molecule has 0 spiro atoms. The van der Waals surface area contributed by atoms with E-state index in [4.69, 9.17) is 5.73 Å². The molecule has 3 N–H and O–H groups in total. The lowest BCUT2D eigenvalue weighted by Gasteiger charge is -2.15. The van der Waals surface area contributed by atoms with Gasteiger partial charge in [-0.1, -0.05) is 18.7 Å². The molecule has 1 heterocycles. The summed E-state index contributed by atoms with van der Waals surface area (Å²) in [6.07, 6.45) is 0.914. The maximum absolute atomic E-state index is 11.9. The minimum Gasteiger partial charge on any atom is -0.384 e. The molecule has 1 amide bonds. The van der Waals surface area contributed by atoms with Crippen LogP contribution >= 0.6 is 11.8 Å². The molecule has 1 rings (SSSR count). The Morgan fingerprint density at radius 2 is 2.17 bits per heavy atom. The van der Waals surface area contributed by atoms with Crippen molar-refractivity contribution < 1.29 is 4.79 Å². The van der Waals surface area contributed by atoms with Crippen LogP contribution in [0.3, 0.4) is 0 Å². The Morgan fingerprint density at radius 3 is 2.72 bits per heavy atom. The van der Waals surface area contributed by atoms with Gasteiger partial charge in [0.05, 0.1) is 5.25 Å². The summed E-state index contributed by atoms with van der Waals surface area (Å²) >= 11 is 1.32. The number of aromatic nitrogens is 2. The highest BCUT2D eigenvalue weighted by molar-refractivity contribution is 8.00. The lowest BCUT2D eigenvalue weighted by Crippen LogP contribution is -2.37. The highest BCUT2D eigenvalue weighted by Gasteiger charge is 2.17. The number of nitrogens with two attached hydrogens (primary N) is 1. The second-order valence-corrected chi connectivity index (χ2v) is 5.60. The Hall–Kier alpha value is -1.30. The average Bonchev–Trinajstić information content (AvgIpc) is 2.27. The van der Waals surface area contributed by atoms with E-state index in [1.807, 2.05) is 27.7 Å². The van der Waals surface area contributed by atoms with Gasteiger partial charge in [0, 0.05) is 17.8 Å². The van der Waals surface area contributed by atoms with Crippen LogP contribution < -0.4 is 11.1 Å². The number of nitrogens with one attached hydrogen (secondary N) is 1. The van der Waals surface area contributed by atoms with Crippen molar-refractivity contribution in [2.75, 3.05) is 5.73 Å². The number of hydrogen-bond donors (Lipinski definition) is 2. The molecule has 0 aliphatic rings. The number of aryl methyl sites for hydroxylation is 1. The fourth-order valence-corrected chi connectivity index (χ4v) is 2.14. The summed E-state index contributed by atoms with van der Waals surface area (Å²) < 4.78 is 0. The van der Waals surface area contributed by atoms with E-state index in [-0.39, 0.29) is 17.2 Å². The van der Waals surface area contributed by atoms with Gasteiger partial charge in [0.25, 0.3) is 0 Å². The van der Waals surface area contributed by atoms with E-state index in [2.05, 4.69) is 15.3 Å². The number of thioether (sulfide) groups is 1. The van der Waals surface area contributed by atoms with E-state index in [0.29, 0.717) is 11.0 Å². The molecule has 0 fully saturated rings. The fourth-order valence-electron chi connectivity index (χ4n) is 1.29. The maximum atomic E-state index is 11.9. The molecule has 0 aliphatic heterocycles. The van der Waals surface area contributed by atoms with Gasteiger partial charge in [-0.25, -0.2) is 9.97 Å². The van der Waals surface area contributed by atoms with Gasteiger partial charge in [0.2, 0.25) is 5.91 Å². The quantitative estimate of drug-likeness (QED) is 0.628. The Labute approximate surface area is 112 Å². The predicted octanol–water partition coefficient (Wildman–Crippen LogP) is 1.76. The molecule has 1 aromatic heterocycles. The second kappa shape index (κ2) is 6.58. The average molecular weight is 268 g/mol. The molecule has 0 aliphatic carbocycles. The summed E-state index contributed by atoms with van der Waals surface area (Å²) in [6.45, 7) is 7.71. The fraction of sp³-hybridized carbons (Fsp3) is 0.583. The molecule has 0 unspecified atom stereocenters. The van der Waals surface area contributed by atoms with Crippen LogP contribution in [0.2, 0.25) is 0 Å². The molecule has 6 heteroatoms. The van der Waals surface area contributed by atoms with Crippen LogP contribution in [0.15, 0.2) is 11.2 Å². The SMILES string of the molecule is CC[C@H](C)NC(=O)[C@H](C)Sc1nc(C)cc(N)n1. The van der Waals surface area contributed by atoms with E-state index in [9.17, 15) is 4.79 Å². The Bertz CT molecular complexity index is 404. The zero-order chi connectivity index (χ0) is 13.7. The van der Waals surface area contributed by atoms with Crippen molar-refractivity contribution in [2.45, 2.75) is 50.6 Å². The molecule has 0 bridgehead atoms. The molecule has 5 nitrogen and oxygen atoms in total. The van der Waals surface area contributed by atoms with Crippen molar-refractivity contribution in [1.82, 2.24) is 15.3 Å². The number of amides is 1. The van der Waals surface area contributed by atoms with Crippen LogP contribution in [0.1, 0.15) is 32.9 Å². The van der Waals surface area contributed by atoms with Crippen LogP contribution in [-0.4, -0.2) is 27.2 Å². The summed E-state index contributed by atoms with van der Waals surface area (Å²) in [7, 11) is 0. The lowest BCUT2D eigenvalue weighted by molar-refractivity contribution is -0.120. The highest BCUT2D eigenvalue weighted by atomic mass is 32.2. The van der Waals surface area contributed by atoms with Crippen molar-refractivity contribution in [3.8, 4) is 0 Å². The van der Waals surface area contributed by atoms with Gasteiger partial charge in [0.1, 0.15) is 5.82 Å². The first-order chi connectivity index (χ1) is 8.42. The Kier molecular flexibility index (Phi) is 5.40. The van der Waals surface area contributed by atoms with Crippen molar-refractivity contribution >= 4 is 23.5 Å². The smallest absolute Gasteiger partial charge is 0.233 e. The van der Waals surface area contributed by atoms with Crippen molar-refractivity contribution in [1.29, 1.82) is 0 Å². The summed E-state index contributed by atoms with van der Waals surface area (Å²) in [5.74, 6) is 0.428. The summed E-state index contributed by atoms with van der Waals surface area (Å²) in [5, 5.41) is 3.24. The minimum atomic E-state index is -0.236. The van der Waals surface area contributed by atoms with Crippen LogP contribution in [-0.2, 0) is 4.79 Å². The minimum absolute atomic E-state index is 0.00183. The topological polar surface area (TPSA) is 80.9 Å². The van der Waals surface area contributed by atoms with Crippen molar-refractivity contribution in [3.05, 3.63) is 11.8 Å². The van der Waals surface area contributed by atoms with E-state index in [0.717, 1.165) is 12.1 Å². The number of nitrogens with zero attached hydrogens (tertiary/aromatic N) is 2. The maximum Gasteiger partial charge on any atom is 0.233 e. The zero-order valence-corrected chi connectivity index (χ0v) is 12.0. The van der Waals surface area contributed by atoms with E-state index in [1.54, 1.807) is 6.07 Å². The number of carbonyl (C=O) groups excluding carboxylic acids is 1. The monoisotopic (exact) mass is 268 g/mol. The molecule has 0 aromatic carbocycles. The molecule has 0 saturated carbocycles. The molecule has 0 radical (unpaired) electrons. The highest BCUT2D eigenvalue weighted by Crippen LogP contribution is 2.20. The van der Waals surface area contributed by atoms with Gasteiger partial charge in [0.15, 0.2) is 5.16 Å². The molecule has 18 heavy (non-hydrogen) atoms. The standard InChI is InChI=1S/C12H20N4OS/c1-5-7(2)14-11(17)9(4)18-12-15-8(3)6-10(13)16-12/h6-7,9H,5H2,1-4H3,(H,14,17)(H2,13,15,16)/t7-,9-/m0/s1. The third-order valence-electron chi connectivity index (χ3n) is 2.51. The summed E-state index contributed by atoms with van der Waals surface area (Å²) in [5.41, 5.74) is 6.45. The Morgan fingerprint density at radius 1 is 1.50 bits per heavy atom.